The van der Waals surface area contributed by atoms with Crippen molar-refractivity contribution in [3.05, 3.63) is 59.8 Å². The number of rotatable bonds is 4. The maximum Gasteiger partial charge on any atom is 0.342 e. The monoisotopic (exact) mass is 350 g/mol. The molecule has 1 aromatic heterocycles. The van der Waals surface area contributed by atoms with Crippen molar-refractivity contribution < 1.29 is 24.1 Å². The van der Waals surface area contributed by atoms with E-state index in [1.165, 1.54) is 6.20 Å². The summed E-state index contributed by atoms with van der Waals surface area (Å²) >= 11 is 0. The number of aromatic nitrogens is 2. The lowest BCUT2D eigenvalue weighted by molar-refractivity contribution is 0.0693. The van der Waals surface area contributed by atoms with E-state index < -0.39 is 5.97 Å². The Bertz CT molecular complexity index is 1000. The van der Waals surface area contributed by atoms with E-state index in [1.807, 2.05) is 31.2 Å². The number of nitrogens with zero attached hydrogens (tertiary/aromatic N) is 2. The van der Waals surface area contributed by atoms with Crippen LogP contribution in [0, 0.1) is 6.92 Å². The molecule has 0 unspecified atom stereocenters. The van der Waals surface area contributed by atoms with Crippen molar-refractivity contribution in [3.63, 3.8) is 0 Å². The molecule has 0 radical (unpaired) electrons. The van der Waals surface area contributed by atoms with Crippen LogP contribution in [0.5, 0.6) is 23.1 Å². The highest BCUT2D eigenvalue weighted by atomic mass is 16.7. The van der Waals surface area contributed by atoms with Crippen LogP contribution in [0.25, 0.3) is 11.4 Å². The van der Waals surface area contributed by atoms with E-state index in [-0.39, 0.29) is 18.2 Å². The lowest BCUT2D eigenvalue weighted by atomic mass is 10.1. The second kappa shape index (κ2) is 6.36. The van der Waals surface area contributed by atoms with Gasteiger partial charge < -0.3 is 19.3 Å². The Morgan fingerprint density at radius 2 is 2.00 bits per heavy atom. The molecule has 7 heteroatoms. The SMILES string of the molecule is Cc1cccc(-c2ncc(C(=O)O)c(Oc3ccc4c(c3)OCO4)n2)c1. The van der Waals surface area contributed by atoms with Crippen molar-refractivity contribution in [1.82, 2.24) is 9.97 Å². The number of carboxylic acids is 1. The van der Waals surface area contributed by atoms with E-state index in [0.29, 0.717) is 23.1 Å². The molecule has 2 heterocycles. The maximum atomic E-state index is 11.5. The molecule has 4 rings (SSSR count). The standard InChI is InChI=1S/C19H14N2O5/c1-11-3-2-4-12(7-11)17-20-9-14(19(22)23)18(21-17)26-13-5-6-15-16(8-13)25-10-24-15/h2-9H,10H2,1H3,(H,22,23). The van der Waals surface area contributed by atoms with E-state index in [2.05, 4.69) is 9.97 Å². The van der Waals surface area contributed by atoms with Crippen molar-refractivity contribution in [2.45, 2.75) is 6.92 Å². The third-order valence-corrected chi connectivity index (χ3v) is 3.82. The third kappa shape index (κ3) is 3.02. The lowest BCUT2D eigenvalue weighted by Gasteiger charge is -2.10. The molecule has 7 nitrogen and oxygen atoms in total. The average Bonchev–Trinajstić information content (AvgIpc) is 3.09. The predicted molar refractivity (Wildman–Crippen MR) is 91.8 cm³/mol. The summed E-state index contributed by atoms with van der Waals surface area (Å²) in [5.74, 6) is 0.714. The molecule has 3 aromatic rings. The molecule has 26 heavy (non-hydrogen) atoms. The maximum absolute atomic E-state index is 11.5. The van der Waals surface area contributed by atoms with Crippen LogP contribution in [0.2, 0.25) is 0 Å². The second-order valence-corrected chi connectivity index (χ2v) is 5.70. The van der Waals surface area contributed by atoms with Crippen molar-refractivity contribution in [1.29, 1.82) is 0 Å². The van der Waals surface area contributed by atoms with Gasteiger partial charge in [0.25, 0.3) is 0 Å². The Morgan fingerprint density at radius 1 is 1.15 bits per heavy atom. The van der Waals surface area contributed by atoms with E-state index in [4.69, 9.17) is 14.2 Å². The molecule has 0 fully saturated rings. The topological polar surface area (TPSA) is 90.8 Å². The fraction of sp³-hybridized carbons (Fsp3) is 0.105. The van der Waals surface area contributed by atoms with E-state index in [9.17, 15) is 9.90 Å². The largest absolute Gasteiger partial charge is 0.477 e. The van der Waals surface area contributed by atoms with Crippen molar-refractivity contribution in [2.24, 2.45) is 0 Å². The van der Waals surface area contributed by atoms with E-state index in [0.717, 1.165) is 11.1 Å². The molecule has 1 aliphatic rings. The summed E-state index contributed by atoms with van der Waals surface area (Å²) in [5.41, 5.74) is 1.70. The summed E-state index contributed by atoms with van der Waals surface area (Å²) in [5, 5.41) is 9.40. The van der Waals surface area contributed by atoms with Gasteiger partial charge in [-0.3, -0.25) is 0 Å². The molecule has 130 valence electrons. The highest BCUT2D eigenvalue weighted by molar-refractivity contribution is 5.90. The number of ether oxygens (including phenoxy) is 3. The molecule has 0 spiro atoms. The summed E-state index contributed by atoms with van der Waals surface area (Å²) in [6.07, 6.45) is 1.25. The summed E-state index contributed by atoms with van der Waals surface area (Å²) in [6.45, 7) is 2.10. The van der Waals surface area contributed by atoms with Crippen molar-refractivity contribution in [3.8, 4) is 34.5 Å². The van der Waals surface area contributed by atoms with Gasteiger partial charge in [-0.25, -0.2) is 9.78 Å². The Morgan fingerprint density at radius 3 is 2.81 bits per heavy atom. The first-order valence-electron chi connectivity index (χ1n) is 7.85. The number of hydrogen-bond acceptors (Lipinski definition) is 6. The zero-order valence-corrected chi connectivity index (χ0v) is 13.8. The minimum Gasteiger partial charge on any atom is -0.477 e. The van der Waals surface area contributed by atoms with E-state index in [1.54, 1.807) is 18.2 Å². The Labute approximate surface area is 148 Å². The molecule has 0 saturated carbocycles. The first kappa shape index (κ1) is 15.9. The minimum atomic E-state index is -1.17. The third-order valence-electron chi connectivity index (χ3n) is 3.82. The van der Waals surface area contributed by atoms with Gasteiger partial charge in [-0.05, 0) is 25.1 Å². The zero-order chi connectivity index (χ0) is 18.1. The van der Waals surface area contributed by atoms with Gasteiger partial charge in [0.1, 0.15) is 11.3 Å². The lowest BCUT2D eigenvalue weighted by Crippen LogP contribution is -2.04. The minimum absolute atomic E-state index is 0.0390. The van der Waals surface area contributed by atoms with Crippen molar-refractivity contribution >= 4 is 5.97 Å². The highest BCUT2D eigenvalue weighted by Gasteiger charge is 2.19. The summed E-state index contributed by atoms with van der Waals surface area (Å²) in [4.78, 5) is 20.0. The van der Waals surface area contributed by atoms with Gasteiger partial charge in [0.05, 0.1) is 0 Å². The Kier molecular flexibility index (Phi) is 3.89. The van der Waals surface area contributed by atoms with Crippen molar-refractivity contribution in [2.75, 3.05) is 6.79 Å². The number of carbonyl (C=O) groups is 1. The first-order chi connectivity index (χ1) is 12.6. The van der Waals surface area contributed by atoms with Gasteiger partial charge in [0, 0.05) is 17.8 Å². The van der Waals surface area contributed by atoms with Crippen LogP contribution in [0.4, 0.5) is 0 Å². The van der Waals surface area contributed by atoms with Gasteiger partial charge in [0.15, 0.2) is 17.3 Å². The Balaban J connectivity index is 1.73. The summed E-state index contributed by atoms with van der Waals surface area (Å²) < 4.78 is 16.3. The molecular weight excluding hydrogens is 336 g/mol. The van der Waals surface area contributed by atoms with Crippen LogP contribution in [0.1, 0.15) is 15.9 Å². The molecule has 1 N–H and O–H groups in total. The molecule has 0 bridgehead atoms. The van der Waals surface area contributed by atoms with Crippen LogP contribution in [0.3, 0.4) is 0 Å². The smallest absolute Gasteiger partial charge is 0.342 e. The predicted octanol–water partition coefficient (Wildman–Crippen LogP) is 3.67. The van der Waals surface area contributed by atoms with Crippen LogP contribution < -0.4 is 14.2 Å². The Hall–Kier alpha value is -3.61. The van der Waals surface area contributed by atoms with Crippen LogP contribution in [-0.4, -0.2) is 27.8 Å². The number of aromatic carboxylic acids is 1. The number of benzene rings is 2. The molecule has 1 aliphatic heterocycles. The van der Waals surface area contributed by atoms with Gasteiger partial charge in [-0.15, -0.1) is 0 Å². The first-order valence-corrected chi connectivity index (χ1v) is 7.85. The number of carboxylic acid groups (broad SMARTS) is 1. The number of fused-ring (bicyclic) bond motifs is 1. The van der Waals surface area contributed by atoms with Crippen LogP contribution in [-0.2, 0) is 0 Å². The molecule has 0 amide bonds. The highest BCUT2D eigenvalue weighted by Crippen LogP contribution is 2.37. The number of hydrogen-bond donors (Lipinski definition) is 1. The fourth-order valence-electron chi connectivity index (χ4n) is 2.57. The second-order valence-electron chi connectivity index (χ2n) is 5.70. The quantitative estimate of drug-likeness (QED) is 0.767. The van der Waals surface area contributed by atoms with Gasteiger partial charge in [0.2, 0.25) is 12.7 Å². The van der Waals surface area contributed by atoms with Crippen LogP contribution >= 0.6 is 0 Å². The molecular formula is C19H14N2O5. The van der Waals surface area contributed by atoms with Gasteiger partial charge in [-0.1, -0.05) is 23.8 Å². The molecule has 0 saturated heterocycles. The summed E-state index contributed by atoms with van der Waals surface area (Å²) in [6, 6.07) is 12.6. The van der Waals surface area contributed by atoms with Gasteiger partial charge >= 0.3 is 5.97 Å². The molecule has 2 aromatic carbocycles. The number of aryl methyl sites for hydroxylation is 1. The van der Waals surface area contributed by atoms with Gasteiger partial charge in [-0.2, -0.15) is 4.98 Å². The zero-order valence-electron chi connectivity index (χ0n) is 13.8. The normalized spacial score (nSPS) is 12.0. The van der Waals surface area contributed by atoms with E-state index >= 15 is 0 Å². The molecule has 0 atom stereocenters. The van der Waals surface area contributed by atoms with Crippen LogP contribution in [0.15, 0.2) is 48.7 Å². The molecule has 0 aliphatic carbocycles. The fourth-order valence-corrected chi connectivity index (χ4v) is 2.57. The average molecular weight is 350 g/mol. The summed E-state index contributed by atoms with van der Waals surface area (Å²) in [7, 11) is 0.